The number of benzene rings is 1. The molecule has 3 rings (SSSR count). The van der Waals surface area contributed by atoms with Crippen LogP contribution in [-0.2, 0) is 0 Å². The third kappa shape index (κ3) is 2.71. The van der Waals surface area contributed by atoms with E-state index in [0.29, 0.717) is 17.2 Å². The summed E-state index contributed by atoms with van der Waals surface area (Å²) < 4.78 is 0. The van der Waals surface area contributed by atoms with Gasteiger partial charge in [-0.15, -0.1) is 0 Å². The minimum atomic E-state index is 0.0496. The van der Waals surface area contributed by atoms with Crippen LogP contribution in [0.3, 0.4) is 0 Å². The van der Waals surface area contributed by atoms with Crippen LogP contribution < -0.4 is 5.73 Å². The van der Waals surface area contributed by atoms with Gasteiger partial charge in [-0.2, -0.15) is 0 Å². The van der Waals surface area contributed by atoms with Crippen molar-refractivity contribution in [3.63, 3.8) is 0 Å². The average Bonchev–Trinajstić information content (AvgIpc) is 3.01. The summed E-state index contributed by atoms with van der Waals surface area (Å²) in [4.78, 5) is 16.9. The Kier molecular flexibility index (Phi) is 3.79. The summed E-state index contributed by atoms with van der Waals surface area (Å²) in [7, 11) is 0. The van der Waals surface area contributed by atoms with Crippen LogP contribution in [0.25, 0.3) is 0 Å². The van der Waals surface area contributed by atoms with E-state index in [1.807, 2.05) is 4.90 Å². The van der Waals surface area contributed by atoms with Gasteiger partial charge in [0.1, 0.15) is 0 Å². The lowest BCUT2D eigenvalue weighted by atomic mass is 10.1. The van der Waals surface area contributed by atoms with Gasteiger partial charge in [-0.1, -0.05) is 17.3 Å². The first kappa shape index (κ1) is 13.9. The normalized spacial score (nSPS) is 23.1. The number of nitrogens with two attached hydrogens (primary N) is 1. The predicted molar refractivity (Wildman–Crippen MR) is 79.5 cm³/mol. The zero-order valence-electron chi connectivity index (χ0n) is 11.9. The lowest BCUT2D eigenvalue weighted by Crippen LogP contribution is -2.52. The molecule has 21 heavy (non-hydrogen) atoms. The van der Waals surface area contributed by atoms with E-state index < -0.39 is 0 Å². The Morgan fingerprint density at radius 2 is 1.90 bits per heavy atom. The molecule has 2 aliphatic heterocycles. The van der Waals surface area contributed by atoms with Crippen LogP contribution in [0.15, 0.2) is 29.4 Å². The molecule has 3 N–H and O–H groups in total. The Bertz CT molecular complexity index is 555. The van der Waals surface area contributed by atoms with Gasteiger partial charge in [-0.05, 0) is 31.5 Å². The Hall–Kier alpha value is -2.08. The fourth-order valence-corrected chi connectivity index (χ4v) is 3.20. The van der Waals surface area contributed by atoms with Gasteiger partial charge in [0, 0.05) is 36.8 Å². The molecule has 2 heterocycles. The second-order valence-electron chi connectivity index (χ2n) is 5.65. The van der Waals surface area contributed by atoms with Crippen molar-refractivity contribution in [1.29, 1.82) is 0 Å². The number of carbonyl (C=O) groups excluding carboxylic acids is 1. The molecule has 1 aromatic rings. The van der Waals surface area contributed by atoms with Crippen LogP contribution in [-0.4, -0.2) is 59.0 Å². The molecule has 2 saturated heterocycles. The van der Waals surface area contributed by atoms with Gasteiger partial charge in [0.2, 0.25) is 0 Å². The van der Waals surface area contributed by atoms with Crippen LogP contribution >= 0.6 is 0 Å². The maximum absolute atomic E-state index is 12.5. The molecular formula is C15H20N4O2. The highest BCUT2D eigenvalue weighted by Gasteiger charge is 2.32. The number of piperazine rings is 1. The summed E-state index contributed by atoms with van der Waals surface area (Å²) in [5.74, 6) is 0.112. The summed E-state index contributed by atoms with van der Waals surface area (Å²) in [5, 5.41) is 11.6. The van der Waals surface area contributed by atoms with Crippen molar-refractivity contribution in [3.05, 3.63) is 35.4 Å². The van der Waals surface area contributed by atoms with Gasteiger partial charge in [0.25, 0.3) is 5.91 Å². The molecule has 112 valence electrons. The third-order valence-electron chi connectivity index (χ3n) is 4.41. The summed E-state index contributed by atoms with van der Waals surface area (Å²) in [6.45, 7) is 3.75. The first-order valence-corrected chi connectivity index (χ1v) is 7.30. The molecule has 0 radical (unpaired) electrons. The third-order valence-corrected chi connectivity index (χ3v) is 4.41. The van der Waals surface area contributed by atoms with Crippen molar-refractivity contribution in [1.82, 2.24) is 9.80 Å². The highest BCUT2D eigenvalue weighted by molar-refractivity contribution is 5.99. The van der Waals surface area contributed by atoms with Gasteiger partial charge in [-0.3, -0.25) is 9.69 Å². The molecule has 6 heteroatoms. The van der Waals surface area contributed by atoms with Crippen molar-refractivity contribution in [3.8, 4) is 0 Å². The van der Waals surface area contributed by atoms with E-state index >= 15 is 0 Å². The van der Waals surface area contributed by atoms with E-state index in [0.717, 1.165) is 19.6 Å². The molecular weight excluding hydrogens is 268 g/mol. The van der Waals surface area contributed by atoms with Gasteiger partial charge < -0.3 is 15.8 Å². The average molecular weight is 288 g/mol. The van der Waals surface area contributed by atoms with Crippen LogP contribution in [0.5, 0.6) is 0 Å². The molecule has 1 aromatic carbocycles. The van der Waals surface area contributed by atoms with Crippen LogP contribution in [0, 0.1) is 0 Å². The number of oxime groups is 1. The quantitative estimate of drug-likeness (QED) is 0.363. The van der Waals surface area contributed by atoms with E-state index in [1.54, 1.807) is 24.3 Å². The molecule has 2 aliphatic rings. The number of nitrogens with zero attached hydrogens (tertiary/aromatic N) is 3. The lowest BCUT2D eigenvalue weighted by Gasteiger charge is -2.37. The molecule has 0 spiro atoms. The van der Waals surface area contributed by atoms with Crippen molar-refractivity contribution >= 4 is 11.7 Å². The summed E-state index contributed by atoms with van der Waals surface area (Å²) in [6, 6.07) is 7.40. The number of carbonyl (C=O) groups is 1. The molecule has 0 bridgehead atoms. The van der Waals surface area contributed by atoms with Gasteiger partial charge >= 0.3 is 0 Å². The van der Waals surface area contributed by atoms with E-state index in [2.05, 4.69) is 10.1 Å². The topological polar surface area (TPSA) is 82.2 Å². The molecule has 0 saturated carbocycles. The predicted octanol–water partition coefficient (Wildman–Crippen LogP) is 0.701. The summed E-state index contributed by atoms with van der Waals surface area (Å²) in [6.07, 6.45) is 2.42. The second kappa shape index (κ2) is 5.73. The lowest BCUT2D eigenvalue weighted by molar-refractivity contribution is 0.0571. The smallest absolute Gasteiger partial charge is 0.253 e. The number of amides is 1. The molecule has 6 nitrogen and oxygen atoms in total. The van der Waals surface area contributed by atoms with Crippen molar-refractivity contribution in [2.75, 3.05) is 26.2 Å². The number of rotatable bonds is 2. The van der Waals surface area contributed by atoms with Gasteiger partial charge in [0.05, 0.1) is 0 Å². The maximum atomic E-state index is 12.5. The standard InChI is InChI=1S/C15H20N4O2/c16-14(17-21)11-3-5-12(6-4-11)15(20)19-9-8-18-7-1-2-13(18)10-19/h3-6,13,21H,1-2,7-10H2,(H2,16,17). The highest BCUT2D eigenvalue weighted by Crippen LogP contribution is 2.22. The number of hydrogen-bond donors (Lipinski definition) is 2. The minimum Gasteiger partial charge on any atom is -0.409 e. The molecule has 0 aromatic heterocycles. The van der Waals surface area contributed by atoms with Crippen molar-refractivity contribution < 1.29 is 10.0 Å². The molecule has 2 fully saturated rings. The summed E-state index contributed by atoms with van der Waals surface area (Å²) >= 11 is 0. The second-order valence-corrected chi connectivity index (χ2v) is 5.65. The molecule has 1 amide bonds. The Morgan fingerprint density at radius 3 is 2.62 bits per heavy atom. The fourth-order valence-electron chi connectivity index (χ4n) is 3.20. The Balaban J connectivity index is 1.70. The van der Waals surface area contributed by atoms with Gasteiger partial charge in [0.15, 0.2) is 5.84 Å². The van der Waals surface area contributed by atoms with E-state index in [1.165, 1.54) is 19.4 Å². The molecule has 0 aliphatic carbocycles. The van der Waals surface area contributed by atoms with Crippen LogP contribution in [0.4, 0.5) is 0 Å². The Labute approximate surface area is 123 Å². The largest absolute Gasteiger partial charge is 0.409 e. The SMILES string of the molecule is N/C(=N/O)c1ccc(C(=O)N2CCN3CCCC3C2)cc1. The number of amidine groups is 1. The van der Waals surface area contributed by atoms with E-state index in [-0.39, 0.29) is 11.7 Å². The minimum absolute atomic E-state index is 0.0496. The van der Waals surface area contributed by atoms with E-state index in [9.17, 15) is 4.79 Å². The number of hydrogen-bond acceptors (Lipinski definition) is 4. The van der Waals surface area contributed by atoms with Crippen molar-refractivity contribution in [2.45, 2.75) is 18.9 Å². The zero-order chi connectivity index (χ0) is 14.8. The number of fused-ring (bicyclic) bond motifs is 1. The van der Waals surface area contributed by atoms with Crippen LogP contribution in [0.1, 0.15) is 28.8 Å². The molecule has 1 unspecified atom stereocenters. The summed E-state index contributed by atoms with van der Waals surface area (Å²) in [5.41, 5.74) is 6.78. The zero-order valence-corrected chi connectivity index (χ0v) is 11.9. The van der Waals surface area contributed by atoms with Gasteiger partial charge in [-0.25, -0.2) is 0 Å². The van der Waals surface area contributed by atoms with E-state index in [4.69, 9.17) is 10.9 Å². The molecule has 1 atom stereocenters. The monoisotopic (exact) mass is 288 g/mol. The first-order valence-electron chi connectivity index (χ1n) is 7.30. The Morgan fingerprint density at radius 1 is 1.19 bits per heavy atom. The maximum Gasteiger partial charge on any atom is 0.253 e. The highest BCUT2D eigenvalue weighted by atomic mass is 16.4. The fraction of sp³-hybridized carbons (Fsp3) is 0.467. The first-order chi connectivity index (χ1) is 10.2. The van der Waals surface area contributed by atoms with Crippen molar-refractivity contribution in [2.24, 2.45) is 10.9 Å². The van der Waals surface area contributed by atoms with Crippen LogP contribution in [0.2, 0.25) is 0 Å².